The van der Waals surface area contributed by atoms with Crippen LogP contribution in [-0.4, -0.2) is 57.1 Å². The number of likely N-dealkylation sites (tertiary alicyclic amines) is 1. The molecule has 30 heavy (non-hydrogen) atoms. The molecule has 1 aromatic carbocycles. The maximum Gasteiger partial charge on any atom is 0.317 e. The smallest absolute Gasteiger partial charge is 0.317 e. The molecule has 1 saturated heterocycles. The molecule has 0 bridgehead atoms. The molecule has 1 aliphatic rings. The first kappa shape index (κ1) is 21.4. The average Bonchev–Trinajstić information content (AvgIpc) is 3.17. The number of urea groups is 1. The predicted octanol–water partition coefficient (Wildman–Crippen LogP) is 2.21. The number of hydrogen-bond donors (Lipinski definition) is 3. The number of thiazole rings is 1. The van der Waals surface area contributed by atoms with Crippen LogP contribution >= 0.6 is 11.3 Å². The van der Waals surface area contributed by atoms with Gasteiger partial charge in [0.15, 0.2) is 0 Å². The molecule has 1 atom stereocenters. The van der Waals surface area contributed by atoms with Crippen LogP contribution in [0.2, 0.25) is 0 Å². The number of piperidine rings is 1. The summed E-state index contributed by atoms with van der Waals surface area (Å²) >= 11 is 1.67. The summed E-state index contributed by atoms with van der Waals surface area (Å²) in [5.41, 5.74) is 1.61. The van der Waals surface area contributed by atoms with Gasteiger partial charge in [-0.15, -0.1) is 11.3 Å². The van der Waals surface area contributed by atoms with E-state index >= 15 is 0 Å². The average molecular weight is 430 g/mol. The lowest BCUT2D eigenvalue weighted by Crippen LogP contribution is -2.45. The molecule has 1 fully saturated rings. The fourth-order valence-corrected chi connectivity index (χ4v) is 4.39. The normalized spacial score (nSPS) is 15.9. The van der Waals surface area contributed by atoms with Gasteiger partial charge in [-0.25, -0.2) is 14.8 Å². The molecule has 2 amide bonds. The summed E-state index contributed by atoms with van der Waals surface area (Å²) in [6.07, 6.45) is 3.99. The number of aromatic amines is 1. The molecular weight excluding hydrogens is 406 g/mol. The first-order valence-corrected chi connectivity index (χ1v) is 10.4. The van der Waals surface area contributed by atoms with Crippen LogP contribution in [0.4, 0.5) is 4.79 Å². The molecule has 10 heteroatoms. The van der Waals surface area contributed by atoms with Crippen LogP contribution in [0.25, 0.3) is 10.2 Å². The van der Waals surface area contributed by atoms with Gasteiger partial charge in [-0.3, -0.25) is 9.59 Å². The minimum Gasteiger partial charge on any atom is -0.483 e. The van der Waals surface area contributed by atoms with Crippen LogP contribution in [0.1, 0.15) is 29.5 Å². The van der Waals surface area contributed by atoms with Crippen molar-refractivity contribution in [2.75, 3.05) is 19.6 Å². The van der Waals surface area contributed by atoms with Gasteiger partial charge in [0.25, 0.3) is 12.0 Å². The van der Waals surface area contributed by atoms with Crippen LogP contribution in [0.3, 0.4) is 0 Å². The van der Waals surface area contributed by atoms with Crippen molar-refractivity contribution in [3.8, 4) is 0 Å². The van der Waals surface area contributed by atoms with Gasteiger partial charge in [0.1, 0.15) is 0 Å². The Morgan fingerprint density at radius 1 is 1.40 bits per heavy atom. The third-order valence-electron chi connectivity index (χ3n) is 4.78. The van der Waals surface area contributed by atoms with E-state index in [9.17, 15) is 9.59 Å². The first-order chi connectivity index (χ1) is 14.6. The van der Waals surface area contributed by atoms with E-state index in [1.807, 2.05) is 23.1 Å². The van der Waals surface area contributed by atoms with E-state index in [1.165, 1.54) is 17.1 Å². The van der Waals surface area contributed by atoms with Crippen LogP contribution in [0, 0.1) is 0 Å². The van der Waals surface area contributed by atoms with E-state index in [0.717, 1.165) is 42.0 Å². The molecule has 0 spiro atoms. The predicted molar refractivity (Wildman–Crippen MR) is 114 cm³/mol. The number of benzene rings is 1. The summed E-state index contributed by atoms with van der Waals surface area (Å²) < 4.78 is 1.17. The molecule has 158 valence electrons. The molecule has 9 nitrogen and oxygen atoms in total. The summed E-state index contributed by atoms with van der Waals surface area (Å²) in [5, 5.41) is 10.9. The van der Waals surface area contributed by atoms with E-state index in [4.69, 9.17) is 9.90 Å². The fraction of sp³-hybridized carbons (Fsp3) is 0.350. The lowest BCUT2D eigenvalue weighted by atomic mass is 9.95. The summed E-state index contributed by atoms with van der Waals surface area (Å²) in [6, 6.07) is 9.52. The van der Waals surface area contributed by atoms with Crippen molar-refractivity contribution in [2.24, 2.45) is 0 Å². The van der Waals surface area contributed by atoms with E-state index in [-0.39, 0.29) is 24.0 Å². The number of nitrogens with zero attached hydrogens (tertiary/aromatic N) is 3. The number of nitrogens with one attached hydrogen (secondary N) is 2. The van der Waals surface area contributed by atoms with Crippen LogP contribution in [0.5, 0.6) is 0 Å². The van der Waals surface area contributed by atoms with Gasteiger partial charge in [0, 0.05) is 38.0 Å². The standard InChI is InChI=1S/C19H21N5O2S.CH2O2/c25-17-10-15(21-12-22-17)13-4-3-9-24(11-13)19(26)20-8-7-18-23-14-5-1-2-6-16(14)27-18;2-1-3/h1-2,5-6,10,12-13H,3-4,7-9,11H2,(H,20,26)(H,21,22,25);1H,(H,2,3). The van der Waals surface area contributed by atoms with Crippen molar-refractivity contribution in [1.29, 1.82) is 0 Å². The molecule has 3 aromatic rings. The van der Waals surface area contributed by atoms with Crippen molar-refractivity contribution in [2.45, 2.75) is 25.2 Å². The second kappa shape index (κ2) is 10.5. The van der Waals surface area contributed by atoms with E-state index < -0.39 is 0 Å². The fourth-order valence-electron chi connectivity index (χ4n) is 3.42. The molecule has 1 aliphatic heterocycles. The number of amides is 2. The van der Waals surface area contributed by atoms with Gasteiger partial charge < -0.3 is 20.3 Å². The van der Waals surface area contributed by atoms with E-state index in [0.29, 0.717) is 13.1 Å². The van der Waals surface area contributed by atoms with Gasteiger partial charge in [-0.2, -0.15) is 0 Å². The Labute approximate surface area is 176 Å². The van der Waals surface area contributed by atoms with E-state index in [1.54, 1.807) is 11.3 Å². The minimum atomic E-state index is -0.250. The number of H-pyrrole nitrogens is 1. The highest BCUT2D eigenvalue weighted by Gasteiger charge is 2.25. The lowest BCUT2D eigenvalue weighted by molar-refractivity contribution is -0.122. The summed E-state index contributed by atoms with van der Waals surface area (Å²) in [5.74, 6) is 0.107. The third-order valence-corrected chi connectivity index (χ3v) is 5.88. The van der Waals surface area contributed by atoms with Gasteiger partial charge in [0.2, 0.25) is 0 Å². The highest BCUT2D eigenvalue weighted by molar-refractivity contribution is 7.18. The van der Waals surface area contributed by atoms with Gasteiger partial charge in [-0.1, -0.05) is 12.1 Å². The Kier molecular flexibility index (Phi) is 7.50. The van der Waals surface area contributed by atoms with Crippen molar-refractivity contribution in [3.05, 3.63) is 57.7 Å². The zero-order valence-electron chi connectivity index (χ0n) is 16.3. The Morgan fingerprint density at radius 3 is 2.97 bits per heavy atom. The van der Waals surface area contributed by atoms with Gasteiger partial charge in [-0.05, 0) is 25.0 Å². The van der Waals surface area contributed by atoms with Gasteiger partial charge in [0.05, 0.1) is 27.2 Å². The zero-order valence-corrected chi connectivity index (χ0v) is 17.1. The van der Waals surface area contributed by atoms with Crippen LogP contribution < -0.4 is 10.9 Å². The summed E-state index contributed by atoms with van der Waals surface area (Å²) in [6.45, 7) is 1.62. The Hall–Kier alpha value is -3.27. The first-order valence-electron chi connectivity index (χ1n) is 9.60. The lowest BCUT2D eigenvalue weighted by Gasteiger charge is -2.32. The molecule has 1 unspecified atom stereocenters. The van der Waals surface area contributed by atoms with Crippen molar-refractivity contribution in [1.82, 2.24) is 25.2 Å². The maximum absolute atomic E-state index is 12.5. The number of para-hydroxylation sites is 1. The number of hydrogen-bond acceptors (Lipinski definition) is 6. The molecule has 2 aromatic heterocycles. The Bertz CT molecular complexity index is 1020. The summed E-state index contributed by atoms with van der Waals surface area (Å²) in [4.78, 5) is 45.6. The van der Waals surface area contributed by atoms with Crippen molar-refractivity contribution in [3.63, 3.8) is 0 Å². The molecular formula is C20H23N5O4S. The van der Waals surface area contributed by atoms with Crippen LogP contribution in [-0.2, 0) is 11.2 Å². The quantitative estimate of drug-likeness (QED) is 0.546. The Morgan fingerprint density at radius 2 is 2.20 bits per heavy atom. The number of carbonyl (C=O) groups is 2. The number of carbonyl (C=O) groups excluding carboxylic acids is 1. The minimum absolute atomic E-state index is 0.0642. The van der Waals surface area contributed by atoms with Crippen molar-refractivity contribution < 1.29 is 14.7 Å². The number of fused-ring (bicyclic) bond motifs is 1. The van der Waals surface area contributed by atoms with E-state index in [2.05, 4.69) is 26.3 Å². The molecule has 3 heterocycles. The monoisotopic (exact) mass is 429 g/mol. The highest BCUT2D eigenvalue weighted by atomic mass is 32.1. The Balaban J connectivity index is 0.000000806. The topological polar surface area (TPSA) is 128 Å². The molecule has 4 rings (SSSR count). The number of aromatic nitrogens is 3. The molecule has 0 saturated carbocycles. The zero-order chi connectivity index (χ0) is 21.3. The second-order valence-corrected chi connectivity index (χ2v) is 7.90. The number of rotatable bonds is 4. The third kappa shape index (κ3) is 5.63. The SMILES string of the molecule is O=C(NCCc1nc2ccccc2s1)N1CCCC(c2cc(=O)[nH]cn2)C1.O=CO. The largest absolute Gasteiger partial charge is 0.483 e. The van der Waals surface area contributed by atoms with Crippen molar-refractivity contribution >= 4 is 34.1 Å². The molecule has 3 N–H and O–H groups in total. The maximum atomic E-state index is 12.5. The summed E-state index contributed by atoms with van der Waals surface area (Å²) in [7, 11) is 0. The molecule has 0 radical (unpaired) electrons. The second-order valence-electron chi connectivity index (χ2n) is 6.78. The van der Waals surface area contributed by atoms with Gasteiger partial charge >= 0.3 is 6.03 Å². The van der Waals surface area contributed by atoms with Crippen LogP contribution in [0.15, 0.2) is 41.5 Å². The highest BCUT2D eigenvalue weighted by Crippen LogP contribution is 2.25. The molecule has 0 aliphatic carbocycles. The number of carboxylic acid groups (broad SMARTS) is 1.